The summed E-state index contributed by atoms with van der Waals surface area (Å²) in [6, 6.07) is 1.80. The van der Waals surface area contributed by atoms with Crippen LogP contribution in [-0.2, 0) is 4.79 Å². The molecular formula is C13H21N5O. The molecule has 1 atom stereocenters. The van der Waals surface area contributed by atoms with Gasteiger partial charge in [0.2, 0.25) is 11.9 Å². The number of carbonyl (C=O) groups is 1. The molecule has 0 spiro atoms. The van der Waals surface area contributed by atoms with Gasteiger partial charge in [-0.3, -0.25) is 4.79 Å². The molecule has 19 heavy (non-hydrogen) atoms. The predicted octanol–water partition coefficient (Wildman–Crippen LogP) is 0.110. The number of amides is 1. The number of rotatable bonds is 4. The van der Waals surface area contributed by atoms with Crippen molar-refractivity contribution in [3.8, 4) is 0 Å². The third-order valence-corrected chi connectivity index (χ3v) is 3.45. The molecule has 1 aromatic heterocycles. The zero-order valence-electron chi connectivity index (χ0n) is 11.3. The van der Waals surface area contributed by atoms with E-state index in [9.17, 15) is 4.79 Å². The first-order valence-corrected chi connectivity index (χ1v) is 6.73. The Hall–Kier alpha value is -1.69. The molecule has 1 aliphatic rings. The van der Waals surface area contributed by atoms with Gasteiger partial charge in [-0.2, -0.15) is 0 Å². The number of aromatic nitrogens is 2. The largest absolute Gasteiger partial charge is 0.339 e. The van der Waals surface area contributed by atoms with Crippen LogP contribution in [0.3, 0.4) is 0 Å². The highest BCUT2D eigenvalue weighted by Crippen LogP contribution is 2.13. The minimum absolute atomic E-state index is 0.0181. The Kier molecular flexibility index (Phi) is 4.68. The minimum atomic E-state index is 0.0181. The molecule has 1 aliphatic heterocycles. The summed E-state index contributed by atoms with van der Waals surface area (Å²) in [4.78, 5) is 24.6. The van der Waals surface area contributed by atoms with Crippen molar-refractivity contribution in [2.75, 3.05) is 37.6 Å². The zero-order chi connectivity index (χ0) is 13.7. The van der Waals surface area contributed by atoms with Gasteiger partial charge >= 0.3 is 0 Å². The summed E-state index contributed by atoms with van der Waals surface area (Å²) in [7, 11) is 0. The fraction of sp³-hybridized carbons (Fsp3) is 0.615. The fourth-order valence-corrected chi connectivity index (χ4v) is 2.27. The Morgan fingerprint density at radius 2 is 1.95 bits per heavy atom. The lowest BCUT2D eigenvalue weighted by Crippen LogP contribution is -2.50. The molecule has 2 rings (SSSR count). The average Bonchev–Trinajstić information content (AvgIpc) is 2.48. The Balaban J connectivity index is 1.87. The van der Waals surface area contributed by atoms with Gasteiger partial charge in [-0.1, -0.05) is 6.92 Å². The van der Waals surface area contributed by atoms with Crippen molar-refractivity contribution in [2.45, 2.75) is 13.3 Å². The van der Waals surface area contributed by atoms with Crippen LogP contribution < -0.4 is 10.6 Å². The minimum Gasteiger partial charge on any atom is -0.339 e. The third-order valence-electron chi connectivity index (χ3n) is 3.45. The topological polar surface area (TPSA) is 75.4 Å². The van der Waals surface area contributed by atoms with E-state index in [1.807, 2.05) is 11.8 Å². The molecule has 2 N–H and O–H groups in total. The third kappa shape index (κ3) is 3.41. The van der Waals surface area contributed by atoms with Crippen LogP contribution in [0.25, 0.3) is 0 Å². The molecule has 0 aromatic carbocycles. The number of hydrogen-bond acceptors (Lipinski definition) is 5. The monoisotopic (exact) mass is 263 g/mol. The van der Waals surface area contributed by atoms with E-state index in [1.165, 1.54) is 0 Å². The van der Waals surface area contributed by atoms with E-state index in [0.29, 0.717) is 6.54 Å². The molecule has 1 aromatic rings. The molecular weight excluding hydrogens is 242 g/mol. The quantitative estimate of drug-likeness (QED) is 0.834. The highest BCUT2D eigenvalue weighted by atomic mass is 16.2. The second-order valence-electron chi connectivity index (χ2n) is 4.84. The van der Waals surface area contributed by atoms with Crippen LogP contribution in [0.4, 0.5) is 5.95 Å². The van der Waals surface area contributed by atoms with Crippen molar-refractivity contribution in [1.82, 2.24) is 14.9 Å². The van der Waals surface area contributed by atoms with E-state index in [-0.39, 0.29) is 11.8 Å². The number of nitrogens with zero attached hydrogens (tertiary/aromatic N) is 4. The lowest BCUT2D eigenvalue weighted by Gasteiger charge is -2.35. The highest BCUT2D eigenvalue weighted by Gasteiger charge is 2.25. The van der Waals surface area contributed by atoms with E-state index in [1.54, 1.807) is 18.5 Å². The summed E-state index contributed by atoms with van der Waals surface area (Å²) in [5, 5.41) is 0. The second kappa shape index (κ2) is 6.47. The number of carbonyl (C=O) groups excluding carboxylic acids is 1. The molecule has 0 bridgehead atoms. The fourth-order valence-electron chi connectivity index (χ4n) is 2.27. The van der Waals surface area contributed by atoms with E-state index < -0.39 is 0 Å². The first-order valence-electron chi connectivity index (χ1n) is 6.73. The molecule has 1 unspecified atom stereocenters. The van der Waals surface area contributed by atoms with E-state index >= 15 is 0 Å². The summed E-state index contributed by atoms with van der Waals surface area (Å²) in [6.45, 7) is 5.53. The normalized spacial score (nSPS) is 17.4. The number of piperazine rings is 1. The van der Waals surface area contributed by atoms with E-state index in [2.05, 4.69) is 14.9 Å². The maximum atomic E-state index is 12.2. The molecule has 1 saturated heterocycles. The van der Waals surface area contributed by atoms with Crippen LogP contribution >= 0.6 is 0 Å². The summed E-state index contributed by atoms with van der Waals surface area (Å²) in [5.41, 5.74) is 5.50. The summed E-state index contributed by atoms with van der Waals surface area (Å²) >= 11 is 0. The Labute approximate surface area is 113 Å². The zero-order valence-corrected chi connectivity index (χ0v) is 11.3. The van der Waals surface area contributed by atoms with Crippen molar-refractivity contribution in [3.05, 3.63) is 18.5 Å². The molecule has 0 aliphatic carbocycles. The maximum Gasteiger partial charge on any atom is 0.225 e. The van der Waals surface area contributed by atoms with Crippen molar-refractivity contribution in [2.24, 2.45) is 11.7 Å². The Bertz CT molecular complexity index is 403. The van der Waals surface area contributed by atoms with Gasteiger partial charge < -0.3 is 15.5 Å². The van der Waals surface area contributed by atoms with Crippen LogP contribution in [-0.4, -0.2) is 53.5 Å². The Morgan fingerprint density at radius 3 is 2.53 bits per heavy atom. The Morgan fingerprint density at radius 1 is 1.32 bits per heavy atom. The molecule has 1 amide bonds. The van der Waals surface area contributed by atoms with Gasteiger partial charge in [0.05, 0.1) is 0 Å². The molecule has 0 radical (unpaired) electrons. The van der Waals surface area contributed by atoms with Gasteiger partial charge in [-0.05, 0) is 19.0 Å². The van der Waals surface area contributed by atoms with Gasteiger partial charge in [0.1, 0.15) is 0 Å². The maximum absolute atomic E-state index is 12.2. The summed E-state index contributed by atoms with van der Waals surface area (Å²) < 4.78 is 0. The molecule has 104 valence electrons. The van der Waals surface area contributed by atoms with Gasteiger partial charge in [-0.15, -0.1) is 0 Å². The highest BCUT2D eigenvalue weighted by molar-refractivity contribution is 5.78. The van der Waals surface area contributed by atoms with Crippen LogP contribution in [0.1, 0.15) is 13.3 Å². The predicted molar refractivity (Wildman–Crippen MR) is 73.7 cm³/mol. The van der Waals surface area contributed by atoms with Crippen LogP contribution in [0.15, 0.2) is 18.5 Å². The standard InChI is InChI=1S/C13H21N5O/c1-11(3-4-14)12(19)17-7-9-18(10-8-17)13-15-5-2-6-16-13/h2,5-6,11H,3-4,7-10,14H2,1H3. The number of anilines is 1. The van der Waals surface area contributed by atoms with Gasteiger partial charge in [-0.25, -0.2) is 9.97 Å². The van der Waals surface area contributed by atoms with Crippen molar-refractivity contribution in [1.29, 1.82) is 0 Å². The first-order chi connectivity index (χ1) is 9.22. The SMILES string of the molecule is CC(CCN)C(=O)N1CCN(c2ncccn2)CC1. The van der Waals surface area contributed by atoms with Gasteiger partial charge in [0.25, 0.3) is 0 Å². The summed E-state index contributed by atoms with van der Waals surface area (Å²) in [5.74, 6) is 0.966. The van der Waals surface area contributed by atoms with Crippen LogP contribution in [0, 0.1) is 5.92 Å². The molecule has 2 heterocycles. The summed E-state index contributed by atoms with van der Waals surface area (Å²) in [6.07, 6.45) is 4.23. The van der Waals surface area contributed by atoms with Crippen molar-refractivity contribution < 1.29 is 4.79 Å². The lowest BCUT2D eigenvalue weighted by molar-refractivity contribution is -0.135. The molecule has 6 heteroatoms. The van der Waals surface area contributed by atoms with Gasteiger partial charge in [0.15, 0.2) is 0 Å². The van der Waals surface area contributed by atoms with Gasteiger partial charge in [0, 0.05) is 44.5 Å². The average molecular weight is 263 g/mol. The second-order valence-corrected chi connectivity index (χ2v) is 4.84. The van der Waals surface area contributed by atoms with E-state index in [4.69, 9.17) is 5.73 Å². The molecule has 1 fully saturated rings. The molecule has 6 nitrogen and oxygen atoms in total. The first kappa shape index (κ1) is 13.7. The van der Waals surface area contributed by atoms with Crippen LogP contribution in [0.5, 0.6) is 0 Å². The lowest BCUT2D eigenvalue weighted by atomic mass is 10.1. The number of hydrogen-bond donors (Lipinski definition) is 1. The van der Waals surface area contributed by atoms with Crippen molar-refractivity contribution in [3.63, 3.8) is 0 Å². The molecule has 0 saturated carbocycles. The smallest absolute Gasteiger partial charge is 0.225 e. The van der Waals surface area contributed by atoms with E-state index in [0.717, 1.165) is 38.5 Å². The van der Waals surface area contributed by atoms with Crippen LogP contribution in [0.2, 0.25) is 0 Å². The number of nitrogens with two attached hydrogens (primary N) is 1. The van der Waals surface area contributed by atoms with Crippen molar-refractivity contribution >= 4 is 11.9 Å².